The van der Waals surface area contributed by atoms with Gasteiger partial charge in [0, 0.05) is 38.1 Å². The van der Waals surface area contributed by atoms with Gasteiger partial charge in [-0.1, -0.05) is 31.2 Å². The lowest BCUT2D eigenvalue weighted by molar-refractivity contribution is 0.267. The summed E-state index contributed by atoms with van der Waals surface area (Å²) in [5.74, 6) is 0.906. The van der Waals surface area contributed by atoms with Crippen LogP contribution in [0.4, 0.5) is 0 Å². The molecule has 3 rings (SSSR count). The summed E-state index contributed by atoms with van der Waals surface area (Å²) in [6.45, 7) is 10.1. The predicted molar refractivity (Wildman–Crippen MR) is 126 cm³/mol. The number of likely N-dealkylation sites (N-methyl/N-ethyl adjacent to an activating group) is 1. The standard InChI is InChI=1S/C21H32N6.HI/c1-3-23-21(25-15-20-6-5-12-27(20)4-2)24-14-18-7-9-19(10-8-18)16-26-13-11-22-17-26;/h7-11,13,17,20H,3-6,12,14-16H2,1-2H3,(H2,23,24,25);1H. The molecule has 0 bridgehead atoms. The maximum Gasteiger partial charge on any atom is 0.191 e. The molecule has 2 N–H and O–H groups in total. The van der Waals surface area contributed by atoms with Crippen LogP contribution in [0.15, 0.2) is 48.0 Å². The minimum absolute atomic E-state index is 0. The molecule has 1 aromatic carbocycles. The first kappa shape index (κ1) is 22.7. The Labute approximate surface area is 185 Å². The second-order valence-corrected chi connectivity index (χ2v) is 7.05. The van der Waals surface area contributed by atoms with Crippen LogP contribution >= 0.6 is 24.0 Å². The van der Waals surface area contributed by atoms with Crippen LogP contribution in [0.5, 0.6) is 0 Å². The number of aromatic nitrogens is 2. The van der Waals surface area contributed by atoms with E-state index in [1.807, 2.05) is 18.7 Å². The van der Waals surface area contributed by atoms with Gasteiger partial charge in [0.15, 0.2) is 5.96 Å². The van der Waals surface area contributed by atoms with Gasteiger partial charge >= 0.3 is 0 Å². The molecule has 2 aromatic rings. The highest BCUT2D eigenvalue weighted by atomic mass is 127. The monoisotopic (exact) mass is 496 g/mol. The molecule has 154 valence electrons. The van der Waals surface area contributed by atoms with Gasteiger partial charge < -0.3 is 15.2 Å². The largest absolute Gasteiger partial charge is 0.357 e. The molecule has 7 heteroatoms. The molecule has 28 heavy (non-hydrogen) atoms. The number of likely N-dealkylation sites (tertiary alicyclic amines) is 1. The van der Waals surface area contributed by atoms with Crippen molar-refractivity contribution in [2.75, 3.05) is 26.2 Å². The number of halogens is 1. The minimum atomic E-state index is 0. The van der Waals surface area contributed by atoms with E-state index in [4.69, 9.17) is 4.99 Å². The number of hydrogen-bond acceptors (Lipinski definition) is 3. The Kier molecular flexibility index (Phi) is 9.77. The molecule has 0 radical (unpaired) electrons. The van der Waals surface area contributed by atoms with Crippen molar-refractivity contribution < 1.29 is 0 Å². The fraction of sp³-hybridized carbons (Fsp3) is 0.524. The van der Waals surface area contributed by atoms with E-state index in [2.05, 4.69) is 63.2 Å². The van der Waals surface area contributed by atoms with E-state index in [0.717, 1.165) is 32.1 Å². The second kappa shape index (κ2) is 12.1. The molecular weight excluding hydrogens is 463 g/mol. The smallest absolute Gasteiger partial charge is 0.191 e. The Morgan fingerprint density at radius 1 is 1.18 bits per heavy atom. The lowest BCUT2D eigenvalue weighted by atomic mass is 10.1. The summed E-state index contributed by atoms with van der Waals surface area (Å²) in [6.07, 6.45) is 8.22. The fourth-order valence-electron chi connectivity index (χ4n) is 3.61. The normalized spacial score (nSPS) is 17.4. The zero-order valence-corrected chi connectivity index (χ0v) is 19.3. The number of hydrogen-bond donors (Lipinski definition) is 2. The van der Waals surface area contributed by atoms with Crippen LogP contribution < -0.4 is 10.6 Å². The van der Waals surface area contributed by atoms with Crippen molar-refractivity contribution in [3.05, 3.63) is 54.1 Å². The van der Waals surface area contributed by atoms with E-state index >= 15 is 0 Å². The summed E-state index contributed by atoms with van der Waals surface area (Å²) in [7, 11) is 0. The second-order valence-electron chi connectivity index (χ2n) is 7.05. The number of imidazole rings is 1. The number of rotatable bonds is 8. The summed E-state index contributed by atoms with van der Waals surface area (Å²) in [5, 5.41) is 6.89. The van der Waals surface area contributed by atoms with Crippen molar-refractivity contribution in [3.8, 4) is 0 Å². The molecule has 2 heterocycles. The molecule has 0 spiro atoms. The van der Waals surface area contributed by atoms with E-state index in [1.54, 1.807) is 0 Å². The van der Waals surface area contributed by atoms with Crippen molar-refractivity contribution in [3.63, 3.8) is 0 Å². The molecule has 1 saturated heterocycles. The minimum Gasteiger partial charge on any atom is -0.357 e. The zero-order chi connectivity index (χ0) is 18.9. The van der Waals surface area contributed by atoms with E-state index < -0.39 is 0 Å². The van der Waals surface area contributed by atoms with E-state index in [1.165, 1.54) is 30.5 Å². The van der Waals surface area contributed by atoms with Crippen LogP contribution in [-0.4, -0.2) is 52.6 Å². The van der Waals surface area contributed by atoms with Crippen LogP contribution in [0.2, 0.25) is 0 Å². The Bertz CT molecular complexity index is 698. The van der Waals surface area contributed by atoms with Gasteiger partial charge in [-0.3, -0.25) is 4.90 Å². The Hall–Kier alpha value is -1.61. The summed E-state index contributed by atoms with van der Waals surface area (Å²) in [6, 6.07) is 9.29. The van der Waals surface area contributed by atoms with Crippen LogP contribution in [0, 0.1) is 0 Å². The lowest BCUT2D eigenvalue weighted by Crippen LogP contribution is -2.44. The first-order chi connectivity index (χ1) is 13.3. The summed E-state index contributed by atoms with van der Waals surface area (Å²) < 4.78 is 2.07. The molecular formula is C21H33IN6. The maximum absolute atomic E-state index is 4.76. The number of nitrogens with one attached hydrogen (secondary N) is 2. The van der Waals surface area contributed by atoms with Gasteiger partial charge in [-0.05, 0) is 44.0 Å². The Morgan fingerprint density at radius 2 is 1.96 bits per heavy atom. The molecule has 1 fully saturated rings. The summed E-state index contributed by atoms with van der Waals surface area (Å²) in [5.41, 5.74) is 2.49. The van der Waals surface area contributed by atoms with Crippen LogP contribution in [0.25, 0.3) is 0 Å². The average molecular weight is 496 g/mol. The van der Waals surface area contributed by atoms with Crippen LogP contribution in [0.3, 0.4) is 0 Å². The van der Waals surface area contributed by atoms with E-state index in [9.17, 15) is 0 Å². The highest BCUT2D eigenvalue weighted by molar-refractivity contribution is 14.0. The van der Waals surface area contributed by atoms with Crippen molar-refractivity contribution in [2.24, 2.45) is 4.99 Å². The summed E-state index contributed by atoms with van der Waals surface area (Å²) >= 11 is 0. The van der Waals surface area contributed by atoms with Gasteiger partial charge in [-0.25, -0.2) is 9.98 Å². The number of nitrogens with zero attached hydrogens (tertiary/aromatic N) is 4. The first-order valence-corrected chi connectivity index (χ1v) is 10.1. The van der Waals surface area contributed by atoms with Crippen molar-refractivity contribution in [2.45, 2.75) is 45.8 Å². The summed E-state index contributed by atoms with van der Waals surface area (Å²) in [4.78, 5) is 11.4. The molecule has 1 aliphatic heterocycles. The molecule has 0 aliphatic carbocycles. The van der Waals surface area contributed by atoms with E-state index in [0.29, 0.717) is 12.6 Å². The molecule has 1 aliphatic rings. The quantitative estimate of drug-likeness (QED) is 0.335. The lowest BCUT2D eigenvalue weighted by Gasteiger charge is -2.24. The van der Waals surface area contributed by atoms with Gasteiger partial charge in [0.2, 0.25) is 0 Å². The predicted octanol–water partition coefficient (Wildman–Crippen LogP) is 3.09. The molecule has 1 unspecified atom stereocenters. The highest BCUT2D eigenvalue weighted by Gasteiger charge is 2.22. The third kappa shape index (κ3) is 6.77. The van der Waals surface area contributed by atoms with Crippen molar-refractivity contribution >= 4 is 29.9 Å². The van der Waals surface area contributed by atoms with E-state index in [-0.39, 0.29) is 24.0 Å². The zero-order valence-electron chi connectivity index (χ0n) is 17.0. The van der Waals surface area contributed by atoms with Gasteiger partial charge in [-0.2, -0.15) is 0 Å². The van der Waals surface area contributed by atoms with Gasteiger partial charge in [0.25, 0.3) is 0 Å². The van der Waals surface area contributed by atoms with Gasteiger partial charge in [-0.15, -0.1) is 24.0 Å². The highest BCUT2D eigenvalue weighted by Crippen LogP contribution is 2.15. The topological polar surface area (TPSA) is 57.5 Å². The SMILES string of the molecule is CCNC(=NCc1ccc(Cn2ccnc2)cc1)NCC1CCCN1CC.I. The number of aliphatic imine (C=N–C) groups is 1. The molecule has 6 nitrogen and oxygen atoms in total. The number of benzene rings is 1. The fourth-order valence-corrected chi connectivity index (χ4v) is 3.61. The van der Waals surface area contributed by atoms with Crippen molar-refractivity contribution in [1.82, 2.24) is 25.1 Å². The maximum atomic E-state index is 4.76. The van der Waals surface area contributed by atoms with Crippen LogP contribution in [-0.2, 0) is 13.1 Å². The molecule has 1 aromatic heterocycles. The van der Waals surface area contributed by atoms with Crippen molar-refractivity contribution in [1.29, 1.82) is 0 Å². The first-order valence-electron chi connectivity index (χ1n) is 10.1. The molecule has 0 saturated carbocycles. The van der Waals surface area contributed by atoms with Gasteiger partial charge in [0.1, 0.15) is 0 Å². The Balaban J connectivity index is 0.00000280. The molecule has 1 atom stereocenters. The third-order valence-electron chi connectivity index (χ3n) is 5.12. The Morgan fingerprint density at radius 3 is 2.64 bits per heavy atom. The number of guanidine groups is 1. The van der Waals surface area contributed by atoms with Gasteiger partial charge in [0.05, 0.1) is 12.9 Å². The average Bonchev–Trinajstić information content (AvgIpc) is 3.36. The third-order valence-corrected chi connectivity index (χ3v) is 5.12. The van der Waals surface area contributed by atoms with Crippen LogP contribution in [0.1, 0.15) is 37.8 Å². The molecule has 0 amide bonds.